The van der Waals surface area contributed by atoms with E-state index in [2.05, 4.69) is 12.6 Å². The van der Waals surface area contributed by atoms with Crippen LogP contribution >= 0.6 is 11.6 Å². The molecule has 0 radical (unpaired) electrons. The Bertz CT molecular complexity index is 709. The van der Waals surface area contributed by atoms with Crippen molar-refractivity contribution in [1.29, 1.82) is 5.26 Å². The van der Waals surface area contributed by atoms with Crippen LogP contribution in [0.25, 0.3) is 5.76 Å². The van der Waals surface area contributed by atoms with E-state index in [4.69, 9.17) is 16.3 Å². The second kappa shape index (κ2) is 5.87. The highest BCUT2D eigenvalue weighted by atomic mass is 35.5. The summed E-state index contributed by atoms with van der Waals surface area (Å²) >= 11 is 5.91. The quantitative estimate of drug-likeness (QED) is 0.748. The fourth-order valence-electron chi connectivity index (χ4n) is 2.85. The molecule has 0 unspecified atom stereocenters. The van der Waals surface area contributed by atoms with Gasteiger partial charge < -0.3 is 4.74 Å². The summed E-state index contributed by atoms with van der Waals surface area (Å²) in [4.78, 5) is 0. The zero-order valence-corrected chi connectivity index (χ0v) is 12.9. The predicted octanol–water partition coefficient (Wildman–Crippen LogP) is 4.95. The summed E-state index contributed by atoms with van der Waals surface area (Å²) in [5.41, 5.74) is 1.51. The molecule has 2 nitrogen and oxygen atoms in total. The molecule has 0 atom stereocenters. The van der Waals surface area contributed by atoms with Crippen LogP contribution in [0.5, 0.6) is 0 Å². The third kappa shape index (κ3) is 2.73. The lowest BCUT2D eigenvalue weighted by Gasteiger charge is -2.43. The zero-order valence-electron chi connectivity index (χ0n) is 12.1. The Hall–Kier alpha value is -2.24. The highest BCUT2D eigenvalue weighted by molar-refractivity contribution is 6.30. The van der Waals surface area contributed by atoms with Gasteiger partial charge in [-0.1, -0.05) is 60.6 Å². The number of halogens is 1. The summed E-state index contributed by atoms with van der Waals surface area (Å²) in [6.45, 7) is 3.98. The average molecular weight is 310 g/mol. The van der Waals surface area contributed by atoms with Gasteiger partial charge in [-0.25, -0.2) is 0 Å². The van der Waals surface area contributed by atoms with Gasteiger partial charge in [0.25, 0.3) is 0 Å². The monoisotopic (exact) mass is 309 g/mol. The van der Waals surface area contributed by atoms with Crippen molar-refractivity contribution in [1.82, 2.24) is 0 Å². The molecule has 3 heteroatoms. The van der Waals surface area contributed by atoms with E-state index in [1.165, 1.54) is 0 Å². The van der Waals surface area contributed by atoms with Gasteiger partial charge in [-0.15, -0.1) is 0 Å². The molecule has 22 heavy (non-hydrogen) atoms. The summed E-state index contributed by atoms with van der Waals surface area (Å²) in [7, 11) is 0. The van der Waals surface area contributed by atoms with Gasteiger partial charge >= 0.3 is 0 Å². The van der Waals surface area contributed by atoms with E-state index in [9.17, 15) is 5.26 Å². The predicted molar refractivity (Wildman–Crippen MR) is 88.3 cm³/mol. The summed E-state index contributed by atoms with van der Waals surface area (Å²) in [6, 6.07) is 19.8. The second-order valence-electron chi connectivity index (χ2n) is 5.64. The van der Waals surface area contributed by atoms with E-state index in [1.807, 2.05) is 54.6 Å². The summed E-state index contributed by atoms with van der Waals surface area (Å²) < 4.78 is 5.90. The van der Waals surface area contributed by atoms with Gasteiger partial charge in [-0.3, -0.25) is 0 Å². The molecule has 0 saturated heterocycles. The average Bonchev–Trinajstić information content (AvgIpc) is 2.52. The van der Waals surface area contributed by atoms with Crippen LogP contribution in [-0.4, -0.2) is 6.10 Å². The maximum atomic E-state index is 9.57. The van der Waals surface area contributed by atoms with Crippen LogP contribution in [0.4, 0.5) is 0 Å². The topological polar surface area (TPSA) is 33.0 Å². The summed E-state index contributed by atoms with van der Waals surface area (Å²) in [5.74, 6) is 0.660. The van der Waals surface area contributed by atoms with Crippen molar-refractivity contribution in [2.24, 2.45) is 0 Å². The van der Waals surface area contributed by atoms with Crippen molar-refractivity contribution >= 4 is 17.4 Å². The smallest absolute Gasteiger partial charge is 0.119 e. The molecule has 1 saturated carbocycles. The van der Waals surface area contributed by atoms with Gasteiger partial charge in [0, 0.05) is 23.4 Å². The molecule has 0 bridgehead atoms. The summed E-state index contributed by atoms with van der Waals surface area (Å²) in [5, 5.41) is 10.2. The number of nitriles is 1. The first-order valence-corrected chi connectivity index (χ1v) is 7.59. The number of rotatable bonds is 4. The normalized spacial score (nSPS) is 23.2. The molecule has 0 heterocycles. The minimum atomic E-state index is -0.466. The lowest BCUT2D eigenvalue weighted by Crippen LogP contribution is -2.44. The van der Waals surface area contributed by atoms with Crippen LogP contribution in [0.1, 0.15) is 24.0 Å². The number of hydrogen-bond donors (Lipinski definition) is 0. The molecule has 1 aliphatic carbocycles. The summed E-state index contributed by atoms with van der Waals surface area (Å²) in [6.07, 6.45) is 1.39. The van der Waals surface area contributed by atoms with Crippen molar-refractivity contribution in [3.8, 4) is 6.07 Å². The Kier molecular flexibility index (Phi) is 3.92. The molecular weight excluding hydrogens is 294 g/mol. The van der Waals surface area contributed by atoms with Crippen molar-refractivity contribution < 1.29 is 4.74 Å². The van der Waals surface area contributed by atoms with Crippen LogP contribution in [0, 0.1) is 11.3 Å². The van der Waals surface area contributed by atoms with E-state index >= 15 is 0 Å². The largest absolute Gasteiger partial charge is 0.490 e. The third-order valence-corrected chi connectivity index (χ3v) is 4.42. The molecule has 0 aromatic heterocycles. The van der Waals surface area contributed by atoms with E-state index in [-0.39, 0.29) is 6.10 Å². The van der Waals surface area contributed by atoms with Crippen LogP contribution < -0.4 is 0 Å². The maximum absolute atomic E-state index is 9.57. The fraction of sp³-hybridized carbons (Fsp3) is 0.211. The van der Waals surface area contributed by atoms with E-state index in [0.717, 1.165) is 11.1 Å². The van der Waals surface area contributed by atoms with Crippen molar-refractivity contribution in [2.75, 3.05) is 0 Å². The van der Waals surface area contributed by atoms with Gasteiger partial charge in [0.2, 0.25) is 0 Å². The first kappa shape index (κ1) is 14.7. The lowest BCUT2D eigenvalue weighted by molar-refractivity contribution is 0.0437. The minimum Gasteiger partial charge on any atom is -0.490 e. The number of benzene rings is 2. The molecule has 2 aromatic carbocycles. The minimum absolute atomic E-state index is 0.0306. The number of hydrogen-bond acceptors (Lipinski definition) is 2. The number of ether oxygens (including phenoxy) is 1. The van der Waals surface area contributed by atoms with Crippen LogP contribution in [0.15, 0.2) is 61.2 Å². The van der Waals surface area contributed by atoms with Crippen molar-refractivity contribution in [3.05, 3.63) is 77.3 Å². The molecule has 1 aliphatic rings. The standard InChI is InChI=1S/C19H16ClNO/c1-14(15-5-3-2-4-6-15)22-18-11-19(12-18,13-21)16-7-9-17(20)10-8-16/h2-10,18H,1,11-12H2/t18-,19-. The van der Waals surface area contributed by atoms with Gasteiger partial charge in [0.05, 0.1) is 11.5 Å². The van der Waals surface area contributed by atoms with Gasteiger partial charge in [-0.2, -0.15) is 5.26 Å². The van der Waals surface area contributed by atoms with Gasteiger partial charge in [-0.05, 0) is 17.7 Å². The Morgan fingerprint density at radius 3 is 2.36 bits per heavy atom. The third-order valence-electron chi connectivity index (χ3n) is 4.17. The van der Waals surface area contributed by atoms with Crippen LogP contribution in [0.2, 0.25) is 5.02 Å². The molecule has 1 fully saturated rings. The second-order valence-corrected chi connectivity index (χ2v) is 6.07. The van der Waals surface area contributed by atoms with Gasteiger partial charge in [0.15, 0.2) is 0 Å². The van der Waals surface area contributed by atoms with Crippen LogP contribution in [0.3, 0.4) is 0 Å². The molecule has 0 N–H and O–H groups in total. The molecule has 0 aliphatic heterocycles. The molecule has 0 amide bonds. The Morgan fingerprint density at radius 2 is 1.77 bits per heavy atom. The molecule has 2 aromatic rings. The van der Waals surface area contributed by atoms with E-state index in [1.54, 1.807) is 0 Å². The highest BCUT2D eigenvalue weighted by Crippen LogP contribution is 2.46. The maximum Gasteiger partial charge on any atom is 0.119 e. The lowest BCUT2D eigenvalue weighted by atomic mass is 9.63. The van der Waals surface area contributed by atoms with E-state index in [0.29, 0.717) is 23.6 Å². The number of nitrogens with zero attached hydrogens (tertiary/aromatic N) is 1. The fourth-order valence-corrected chi connectivity index (χ4v) is 2.98. The SMILES string of the molecule is C=C(O[C@H]1C[C@](C#N)(c2ccc(Cl)cc2)C1)c1ccccc1. The first-order chi connectivity index (χ1) is 10.6. The van der Waals surface area contributed by atoms with Crippen LogP contribution in [-0.2, 0) is 10.2 Å². The Labute approximate surface area is 135 Å². The van der Waals surface area contributed by atoms with E-state index < -0.39 is 5.41 Å². The molecule has 110 valence electrons. The molecule has 0 spiro atoms. The Balaban J connectivity index is 1.66. The van der Waals surface area contributed by atoms with Crippen molar-refractivity contribution in [3.63, 3.8) is 0 Å². The molecular formula is C19H16ClNO. The van der Waals surface area contributed by atoms with Crippen molar-refractivity contribution in [2.45, 2.75) is 24.4 Å². The van der Waals surface area contributed by atoms with Gasteiger partial charge in [0.1, 0.15) is 11.9 Å². The zero-order chi connectivity index (χ0) is 15.6. The first-order valence-electron chi connectivity index (χ1n) is 7.21. The Morgan fingerprint density at radius 1 is 1.14 bits per heavy atom. The molecule has 3 rings (SSSR count). The highest BCUT2D eigenvalue weighted by Gasteiger charge is 2.47.